The molecule has 128 valence electrons. The van der Waals surface area contributed by atoms with E-state index < -0.39 is 0 Å². The number of halogens is 1. The molecule has 2 aromatic carbocycles. The molecule has 5 nitrogen and oxygen atoms in total. The number of rotatable bonds is 2. The van der Waals surface area contributed by atoms with E-state index in [2.05, 4.69) is 32.9 Å². The van der Waals surface area contributed by atoms with Crippen LogP contribution in [0, 0.1) is 0 Å². The van der Waals surface area contributed by atoms with E-state index in [1.807, 2.05) is 47.4 Å². The molecule has 25 heavy (non-hydrogen) atoms. The van der Waals surface area contributed by atoms with E-state index >= 15 is 0 Å². The van der Waals surface area contributed by atoms with Crippen LogP contribution in [0.3, 0.4) is 0 Å². The predicted molar refractivity (Wildman–Crippen MR) is 101 cm³/mol. The van der Waals surface area contributed by atoms with E-state index in [1.54, 1.807) is 0 Å². The molecule has 1 fully saturated rings. The van der Waals surface area contributed by atoms with Crippen LogP contribution in [0.4, 0.5) is 0 Å². The Hall–Kier alpha value is -2.18. The van der Waals surface area contributed by atoms with E-state index in [4.69, 9.17) is 4.42 Å². The Balaban J connectivity index is 1.62. The van der Waals surface area contributed by atoms with Gasteiger partial charge in [-0.15, -0.1) is 0 Å². The lowest BCUT2D eigenvalue weighted by molar-refractivity contribution is 0.0664. The average molecular weight is 400 g/mol. The van der Waals surface area contributed by atoms with Crippen LogP contribution in [0.5, 0.6) is 0 Å². The molecule has 0 saturated carbocycles. The van der Waals surface area contributed by atoms with Crippen LogP contribution in [-0.4, -0.2) is 53.9 Å². The fraction of sp³-hybridized carbons (Fsp3) is 0.263. The maximum atomic E-state index is 12.7. The van der Waals surface area contributed by atoms with Gasteiger partial charge in [-0.05, 0) is 49.5 Å². The standard InChI is InChI=1S/C19H18BrN3O2/c1-22-8-10-23(11-9-22)19(24)14-4-7-17-16(12-14)21-18(25-17)13-2-5-15(20)6-3-13/h2-7,12H,8-11H2,1H3. The van der Waals surface area contributed by atoms with Gasteiger partial charge in [0.25, 0.3) is 5.91 Å². The van der Waals surface area contributed by atoms with Gasteiger partial charge in [-0.25, -0.2) is 4.98 Å². The minimum atomic E-state index is 0.0585. The second kappa shape index (κ2) is 6.61. The highest BCUT2D eigenvalue weighted by Gasteiger charge is 2.21. The normalized spacial score (nSPS) is 15.7. The van der Waals surface area contributed by atoms with Crippen LogP contribution in [0.15, 0.2) is 51.4 Å². The van der Waals surface area contributed by atoms with Crippen molar-refractivity contribution in [3.05, 3.63) is 52.5 Å². The molecule has 1 aromatic heterocycles. The molecule has 1 saturated heterocycles. The summed E-state index contributed by atoms with van der Waals surface area (Å²) in [5.41, 5.74) is 2.96. The van der Waals surface area contributed by atoms with Crippen LogP contribution < -0.4 is 0 Å². The number of carbonyl (C=O) groups is 1. The number of hydrogen-bond acceptors (Lipinski definition) is 4. The molecule has 1 aliphatic heterocycles. The molecule has 1 amide bonds. The topological polar surface area (TPSA) is 49.6 Å². The Bertz CT molecular complexity index is 912. The molecule has 1 aliphatic rings. The maximum absolute atomic E-state index is 12.7. The summed E-state index contributed by atoms with van der Waals surface area (Å²) in [4.78, 5) is 21.4. The lowest BCUT2D eigenvalue weighted by atomic mass is 10.1. The Morgan fingerprint density at radius 3 is 2.52 bits per heavy atom. The lowest BCUT2D eigenvalue weighted by Crippen LogP contribution is -2.47. The average Bonchev–Trinajstić information content (AvgIpc) is 3.05. The zero-order valence-corrected chi connectivity index (χ0v) is 15.5. The van der Waals surface area contributed by atoms with E-state index in [0.29, 0.717) is 22.6 Å². The summed E-state index contributed by atoms with van der Waals surface area (Å²) in [5, 5.41) is 0. The molecule has 0 atom stereocenters. The fourth-order valence-corrected chi connectivity index (χ4v) is 3.23. The number of piperazine rings is 1. The third-order valence-electron chi connectivity index (χ3n) is 4.52. The molecule has 0 bridgehead atoms. The number of carbonyl (C=O) groups excluding carboxylic acids is 1. The van der Waals surface area contributed by atoms with E-state index in [-0.39, 0.29) is 5.91 Å². The quantitative estimate of drug-likeness (QED) is 0.659. The van der Waals surface area contributed by atoms with Crippen molar-refractivity contribution in [2.45, 2.75) is 0 Å². The molecule has 0 aliphatic carbocycles. The number of likely N-dealkylation sites (N-methyl/N-ethyl adjacent to an activating group) is 1. The van der Waals surface area contributed by atoms with Gasteiger partial charge >= 0.3 is 0 Å². The van der Waals surface area contributed by atoms with Crippen LogP contribution >= 0.6 is 15.9 Å². The summed E-state index contributed by atoms with van der Waals surface area (Å²) in [6.45, 7) is 3.34. The lowest BCUT2D eigenvalue weighted by Gasteiger charge is -2.32. The van der Waals surface area contributed by atoms with Gasteiger partial charge in [0.1, 0.15) is 5.52 Å². The highest BCUT2D eigenvalue weighted by molar-refractivity contribution is 9.10. The van der Waals surface area contributed by atoms with Crippen molar-refractivity contribution in [1.29, 1.82) is 0 Å². The van der Waals surface area contributed by atoms with Crippen LogP contribution in [0.1, 0.15) is 10.4 Å². The van der Waals surface area contributed by atoms with Gasteiger partial charge in [-0.3, -0.25) is 4.79 Å². The summed E-state index contributed by atoms with van der Waals surface area (Å²) in [5.74, 6) is 0.620. The minimum absolute atomic E-state index is 0.0585. The molecular formula is C19H18BrN3O2. The van der Waals surface area contributed by atoms with E-state index in [1.165, 1.54) is 0 Å². The van der Waals surface area contributed by atoms with Gasteiger partial charge < -0.3 is 14.2 Å². The molecular weight excluding hydrogens is 382 g/mol. The summed E-state index contributed by atoms with van der Waals surface area (Å²) in [6, 6.07) is 13.3. The first kappa shape index (κ1) is 16.3. The Morgan fingerprint density at radius 2 is 1.80 bits per heavy atom. The smallest absolute Gasteiger partial charge is 0.254 e. The minimum Gasteiger partial charge on any atom is -0.436 e. The van der Waals surface area contributed by atoms with Crippen molar-refractivity contribution in [3.63, 3.8) is 0 Å². The fourth-order valence-electron chi connectivity index (χ4n) is 2.97. The van der Waals surface area contributed by atoms with Gasteiger partial charge in [0.2, 0.25) is 5.89 Å². The third-order valence-corrected chi connectivity index (χ3v) is 5.04. The molecule has 6 heteroatoms. The van der Waals surface area contributed by atoms with Crippen molar-refractivity contribution in [2.24, 2.45) is 0 Å². The number of nitrogens with zero attached hydrogens (tertiary/aromatic N) is 3. The van der Waals surface area contributed by atoms with Gasteiger partial charge in [0.15, 0.2) is 5.58 Å². The third kappa shape index (κ3) is 3.32. The van der Waals surface area contributed by atoms with Gasteiger partial charge in [0.05, 0.1) is 0 Å². The Kier molecular flexibility index (Phi) is 4.31. The number of fused-ring (bicyclic) bond motifs is 1. The maximum Gasteiger partial charge on any atom is 0.254 e. The first-order chi connectivity index (χ1) is 12.1. The number of benzene rings is 2. The number of aromatic nitrogens is 1. The van der Waals surface area contributed by atoms with Crippen molar-refractivity contribution in [1.82, 2.24) is 14.8 Å². The van der Waals surface area contributed by atoms with Crippen molar-refractivity contribution in [3.8, 4) is 11.5 Å². The summed E-state index contributed by atoms with van der Waals surface area (Å²) < 4.78 is 6.84. The largest absolute Gasteiger partial charge is 0.436 e. The van der Waals surface area contributed by atoms with Gasteiger partial charge in [-0.1, -0.05) is 15.9 Å². The molecule has 0 unspecified atom stereocenters. The van der Waals surface area contributed by atoms with Crippen LogP contribution in [0.2, 0.25) is 0 Å². The van der Waals surface area contributed by atoms with Gasteiger partial charge in [0, 0.05) is 41.8 Å². The van der Waals surface area contributed by atoms with Crippen molar-refractivity contribution in [2.75, 3.05) is 33.2 Å². The number of hydrogen-bond donors (Lipinski definition) is 0. The summed E-state index contributed by atoms with van der Waals surface area (Å²) >= 11 is 3.42. The molecule has 0 radical (unpaired) electrons. The second-order valence-electron chi connectivity index (χ2n) is 6.30. The summed E-state index contributed by atoms with van der Waals surface area (Å²) in [7, 11) is 2.08. The first-order valence-corrected chi connectivity index (χ1v) is 9.04. The van der Waals surface area contributed by atoms with Gasteiger partial charge in [-0.2, -0.15) is 0 Å². The number of oxazole rings is 1. The molecule has 3 aromatic rings. The Morgan fingerprint density at radius 1 is 1.08 bits per heavy atom. The van der Waals surface area contributed by atoms with Crippen molar-refractivity contribution < 1.29 is 9.21 Å². The molecule has 4 rings (SSSR count). The second-order valence-corrected chi connectivity index (χ2v) is 7.22. The molecule has 0 N–H and O–H groups in total. The highest BCUT2D eigenvalue weighted by atomic mass is 79.9. The van der Waals surface area contributed by atoms with E-state index in [9.17, 15) is 4.79 Å². The number of amides is 1. The monoisotopic (exact) mass is 399 g/mol. The highest BCUT2D eigenvalue weighted by Crippen LogP contribution is 2.26. The Labute approximate surface area is 154 Å². The van der Waals surface area contributed by atoms with Crippen molar-refractivity contribution >= 4 is 32.9 Å². The molecule has 2 heterocycles. The zero-order chi connectivity index (χ0) is 17.4. The zero-order valence-electron chi connectivity index (χ0n) is 13.9. The predicted octanol–water partition coefficient (Wildman–Crippen LogP) is 3.64. The first-order valence-electron chi connectivity index (χ1n) is 8.24. The molecule has 0 spiro atoms. The summed E-state index contributed by atoms with van der Waals surface area (Å²) in [6.07, 6.45) is 0. The van der Waals surface area contributed by atoms with E-state index in [0.717, 1.165) is 36.2 Å². The SMILES string of the molecule is CN1CCN(C(=O)c2ccc3oc(-c4ccc(Br)cc4)nc3c2)CC1. The van der Waals surface area contributed by atoms with Crippen LogP contribution in [0.25, 0.3) is 22.6 Å². The van der Waals surface area contributed by atoms with Crippen LogP contribution in [-0.2, 0) is 0 Å².